The number of rotatable bonds is 6. The summed E-state index contributed by atoms with van der Waals surface area (Å²) in [7, 11) is 1.76. The van der Waals surface area contributed by atoms with E-state index in [4.69, 9.17) is 4.74 Å². The zero-order valence-electron chi connectivity index (χ0n) is 12.0. The molecule has 1 saturated heterocycles. The van der Waals surface area contributed by atoms with Crippen molar-refractivity contribution in [3.05, 3.63) is 34.3 Å². The number of hydrogen-bond donors (Lipinski definition) is 0. The molecule has 1 aromatic rings. The van der Waals surface area contributed by atoms with Crippen LogP contribution in [-0.4, -0.2) is 44.0 Å². The van der Waals surface area contributed by atoms with Crippen molar-refractivity contribution in [2.45, 2.75) is 19.3 Å². The predicted molar refractivity (Wildman–Crippen MR) is 84.1 cm³/mol. The van der Waals surface area contributed by atoms with Crippen molar-refractivity contribution in [1.82, 2.24) is 4.90 Å². The first kappa shape index (κ1) is 15.7. The Morgan fingerprint density at radius 1 is 1.40 bits per heavy atom. The number of ether oxygens (including phenoxy) is 1. The second-order valence-corrected chi connectivity index (χ2v) is 6.36. The fraction of sp³-hybridized carbons (Fsp3) is 0.562. The van der Waals surface area contributed by atoms with Gasteiger partial charge in [0.25, 0.3) is 0 Å². The Morgan fingerprint density at radius 3 is 2.85 bits per heavy atom. The Bertz CT molecular complexity index is 431. The van der Waals surface area contributed by atoms with E-state index in [0.29, 0.717) is 12.3 Å². The van der Waals surface area contributed by atoms with E-state index < -0.39 is 0 Å². The highest BCUT2D eigenvalue weighted by molar-refractivity contribution is 9.10. The molecule has 4 heteroatoms. The van der Waals surface area contributed by atoms with Gasteiger partial charge < -0.3 is 9.64 Å². The molecule has 1 unspecified atom stereocenters. The molecular weight excluding hydrogens is 318 g/mol. The van der Waals surface area contributed by atoms with Crippen LogP contribution in [-0.2, 0) is 4.74 Å². The number of nitrogens with zero attached hydrogens (tertiary/aromatic N) is 1. The van der Waals surface area contributed by atoms with Gasteiger partial charge in [-0.1, -0.05) is 28.1 Å². The van der Waals surface area contributed by atoms with Crippen LogP contribution in [0.2, 0.25) is 0 Å². The quantitative estimate of drug-likeness (QED) is 0.744. The molecule has 3 nitrogen and oxygen atoms in total. The van der Waals surface area contributed by atoms with Crippen LogP contribution >= 0.6 is 15.9 Å². The second-order valence-electron chi connectivity index (χ2n) is 5.44. The molecule has 0 N–H and O–H groups in total. The number of halogens is 1. The maximum atomic E-state index is 12.1. The molecule has 20 heavy (non-hydrogen) atoms. The maximum absolute atomic E-state index is 12.1. The molecule has 0 radical (unpaired) electrons. The Kier molecular flexibility index (Phi) is 6.20. The fourth-order valence-corrected chi connectivity index (χ4v) is 3.03. The molecule has 0 saturated carbocycles. The van der Waals surface area contributed by atoms with Crippen LogP contribution in [0.1, 0.15) is 29.6 Å². The highest BCUT2D eigenvalue weighted by Crippen LogP contribution is 2.17. The van der Waals surface area contributed by atoms with E-state index in [9.17, 15) is 4.79 Å². The molecule has 0 aromatic heterocycles. The summed E-state index contributed by atoms with van der Waals surface area (Å²) in [6, 6.07) is 7.61. The van der Waals surface area contributed by atoms with Crippen molar-refractivity contribution >= 4 is 21.7 Å². The van der Waals surface area contributed by atoms with Crippen molar-refractivity contribution < 1.29 is 9.53 Å². The first-order valence-electron chi connectivity index (χ1n) is 7.19. The number of methoxy groups -OCH3 is 1. The molecule has 0 spiro atoms. The monoisotopic (exact) mass is 339 g/mol. The number of ketones is 1. The van der Waals surface area contributed by atoms with E-state index in [1.807, 2.05) is 24.3 Å². The van der Waals surface area contributed by atoms with Crippen LogP contribution in [0, 0.1) is 5.92 Å². The number of benzene rings is 1. The molecule has 0 amide bonds. The van der Waals surface area contributed by atoms with Gasteiger partial charge >= 0.3 is 0 Å². The average Bonchev–Trinajstić information content (AvgIpc) is 2.46. The SMILES string of the molecule is COCC1CCCN(CCC(=O)c2ccc(Br)cc2)C1. The Hall–Kier alpha value is -0.710. The van der Waals surface area contributed by atoms with Crippen LogP contribution in [0.3, 0.4) is 0 Å². The topological polar surface area (TPSA) is 29.5 Å². The molecule has 1 atom stereocenters. The Morgan fingerprint density at radius 2 is 2.15 bits per heavy atom. The minimum atomic E-state index is 0.228. The molecule has 1 heterocycles. The van der Waals surface area contributed by atoms with Crippen molar-refractivity contribution in [3.8, 4) is 0 Å². The van der Waals surface area contributed by atoms with Gasteiger partial charge in [-0.15, -0.1) is 0 Å². The van der Waals surface area contributed by atoms with Gasteiger partial charge in [-0.25, -0.2) is 0 Å². The standard InChI is InChI=1S/C16H22BrNO2/c1-20-12-13-3-2-9-18(11-13)10-8-16(19)14-4-6-15(17)7-5-14/h4-7,13H,2-3,8-12H2,1H3. The molecular formula is C16H22BrNO2. The molecule has 110 valence electrons. The van der Waals surface area contributed by atoms with Gasteiger partial charge in [0.2, 0.25) is 0 Å². The smallest absolute Gasteiger partial charge is 0.164 e. The lowest BCUT2D eigenvalue weighted by molar-refractivity contribution is 0.0831. The van der Waals surface area contributed by atoms with Crippen molar-refractivity contribution in [3.63, 3.8) is 0 Å². The molecule has 1 fully saturated rings. The van der Waals surface area contributed by atoms with Gasteiger partial charge in [0.1, 0.15) is 0 Å². The summed E-state index contributed by atoms with van der Waals surface area (Å²) >= 11 is 3.39. The molecule has 2 rings (SSSR count). The Balaban J connectivity index is 1.79. The lowest BCUT2D eigenvalue weighted by atomic mass is 9.98. The summed E-state index contributed by atoms with van der Waals surface area (Å²) in [6.45, 7) is 3.85. The average molecular weight is 340 g/mol. The highest BCUT2D eigenvalue weighted by Gasteiger charge is 2.20. The van der Waals surface area contributed by atoms with Gasteiger partial charge in [0, 0.05) is 36.7 Å². The largest absolute Gasteiger partial charge is 0.384 e. The van der Waals surface area contributed by atoms with Gasteiger partial charge in [0.05, 0.1) is 6.61 Å². The summed E-state index contributed by atoms with van der Waals surface area (Å²) in [5, 5.41) is 0. The van der Waals surface area contributed by atoms with Crippen LogP contribution in [0.15, 0.2) is 28.7 Å². The van der Waals surface area contributed by atoms with Gasteiger partial charge in [-0.2, -0.15) is 0 Å². The lowest BCUT2D eigenvalue weighted by Gasteiger charge is -2.32. The molecule has 1 aliphatic heterocycles. The van der Waals surface area contributed by atoms with Crippen LogP contribution in [0.25, 0.3) is 0 Å². The zero-order valence-corrected chi connectivity index (χ0v) is 13.6. The number of carbonyl (C=O) groups excluding carboxylic acids is 1. The third kappa shape index (κ3) is 4.69. The van der Waals surface area contributed by atoms with Crippen LogP contribution in [0.4, 0.5) is 0 Å². The highest BCUT2D eigenvalue weighted by atomic mass is 79.9. The van der Waals surface area contributed by atoms with E-state index in [2.05, 4.69) is 20.8 Å². The summed E-state index contributed by atoms with van der Waals surface area (Å²) < 4.78 is 6.24. The minimum absolute atomic E-state index is 0.228. The lowest BCUT2D eigenvalue weighted by Crippen LogP contribution is -2.38. The van der Waals surface area contributed by atoms with Crippen molar-refractivity contribution in [1.29, 1.82) is 0 Å². The first-order chi connectivity index (χ1) is 9.69. The summed E-state index contributed by atoms with van der Waals surface area (Å²) in [5.74, 6) is 0.850. The van der Waals surface area contributed by atoms with E-state index in [1.54, 1.807) is 7.11 Å². The first-order valence-corrected chi connectivity index (χ1v) is 7.98. The van der Waals surface area contributed by atoms with E-state index in [1.165, 1.54) is 12.8 Å². The molecule has 0 aliphatic carbocycles. The summed E-state index contributed by atoms with van der Waals surface area (Å²) in [6.07, 6.45) is 3.05. The molecule has 1 aliphatic rings. The van der Waals surface area contributed by atoms with Crippen LogP contribution < -0.4 is 0 Å². The third-order valence-corrected chi connectivity index (χ3v) is 4.36. The number of carbonyl (C=O) groups is 1. The number of likely N-dealkylation sites (tertiary alicyclic amines) is 1. The van der Waals surface area contributed by atoms with E-state index >= 15 is 0 Å². The van der Waals surface area contributed by atoms with E-state index in [0.717, 1.165) is 36.3 Å². The number of piperidine rings is 1. The number of Topliss-reactive ketones (excluding diaryl/α,β-unsaturated/α-hetero) is 1. The summed E-state index contributed by atoms with van der Waals surface area (Å²) in [4.78, 5) is 14.5. The second kappa shape index (κ2) is 7.91. The third-order valence-electron chi connectivity index (χ3n) is 3.83. The van der Waals surface area contributed by atoms with Gasteiger partial charge in [-0.3, -0.25) is 4.79 Å². The summed E-state index contributed by atoms with van der Waals surface area (Å²) in [5.41, 5.74) is 0.804. The maximum Gasteiger partial charge on any atom is 0.164 e. The number of hydrogen-bond acceptors (Lipinski definition) is 3. The van der Waals surface area contributed by atoms with E-state index in [-0.39, 0.29) is 5.78 Å². The molecule has 1 aromatic carbocycles. The van der Waals surface area contributed by atoms with Crippen molar-refractivity contribution in [2.75, 3.05) is 33.4 Å². The predicted octanol–water partition coefficient (Wildman–Crippen LogP) is 3.38. The Labute approximate surface area is 129 Å². The minimum Gasteiger partial charge on any atom is -0.384 e. The van der Waals surface area contributed by atoms with Gasteiger partial charge in [-0.05, 0) is 37.4 Å². The molecule has 0 bridgehead atoms. The zero-order chi connectivity index (χ0) is 14.4. The van der Waals surface area contributed by atoms with Gasteiger partial charge in [0.15, 0.2) is 5.78 Å². The van der Waals surface area contributed by atoms with Crippen molar-refractivity contribution in [2.24, 2.45) is 5.92 Å². The fourth-order valence-electron chi connectivity index (χ4n) is 2.77. The normalized spacial score (nSPS) is 20.0. The van der Waals surface area contributed by atoms with Crippen LogP contribution in [0.5, 0.6) is 0 Å².